The summed E-state index contributed by atoms with van der Waals surface area (Å²) in [6, 6.07) is 27.1. The largest absolute Gasteiger partial charge is 0.696 e. The van der Waals surface area contributed by atoms with E-state index in [-0.39, 0.29) is 0 Å². The van der Waals surface area contributed by atoms with Crippen LogP contribution in [0.1, 0.15) is 5.56 Å². The molecule has 0 atom stereocenters. The van der Waals surface area contributed by atoms with Crippen molar-refractivity contribution in [3.8, 4) is 17.2 Å². The molecule has 0 radical (unpaired) electrons. The van der Waals surface area contributed by atoms with Crippen molar-refractivity contribution < 1.29 is 13.3 Å². The molecular formula is C20H20O3Si. The summed E-state index contributed by atoms with van der Waals surface area (Å²) in [5.74, 6) is 2.24. The van der Waals surface area contributed by atoms with Gasteiger partial charge < -0.3 is 13.3 Å². The third kappa shape index (κ3) is 4.17. The fourth-order valence-electron chi connectivity index (χ4n) is 2.34. The third-order valence-corrected chi connectivity index (χ3v) is 5.29. The fraction of sp³-hybridized carbons (Fsp3) is 0.100. The lowest BCUT2D eigenvalue weighted by atomic mass is 10.2. The standard InChI is InChI=1S/C20H20O3Si/c1-17-11-9-10-16-20(17)23-24(2,21-18-12-5-3-6-13-18)22-19-14-7-4-8-15-19/h3-16H,1-2H3. The van der Waals surface area contributed by atoms with E-state index in [4.69, 9.17) is 13.3 Å². The van der Waals surface area contributed by atoms with Crippen molar-refractivity contribution in [2.75, 3.05) is 0 Å². The van der Waals surface area contributed by atoms with Crippen LogP contribution < -0.4 is 13.3 Å². The van der Waals surface area contributed by atoms with Gasteiger partial charge in [-0.15, -0.1) is 0 Å². The number of benzene rings is 3. The molecule has 0 aromatic heterocycles. The van der Waals surface area contributed by atoms with E-state index in [1.807, 2.05) is 98.4 Å². The first-order valence-corrected chi connectivity index (χ1v) is 10.1. The molecule has 0 aliphatic heterocycles. The van der Waals surface area contributed by atoms with Gasteiger partial charge in [0, 0.05) is 6.55 Å². The molecule has 0 heterocycles. The van der Waals surface area contributed by atoms with E-state index in [0.717, 1.165) is 22.8 Å². The second-order valence-electron chi connectivity index (χ2n) is 5.56. The van der Waals surface area contributed by atoms with Gasteiger partial charge in [0.15, 0.2) is 0 Å². The molecule has 0 amide bonds. The van der Waals surface area contributed by atoms with Gasteiger partial charge in [-0.05, 0) is 42.8 Å². The minimum Gasteiger partial charge on any atom is -0.484 e. The van der Waals surface area contributed by atoms with Gasteiger partial charge in [0.2, 0.25) is 0 Å². The molecule has 24 heavy (non-hydrogen) atoms. The van der Waals surface area contributed by atoms with Crippen molar-refractivity contribution in [2.24, 2.45) is 0 Å². The van der Waals surface area contributed by atoms with Crippen LogP contribution in [-0.2, 0) is 0 Å². The number of aryl methyl sites for hydroxylation is 1. The van der Waals surface area contributed by atoms with Crippen molar-refractivity contribution in [3.63, 3.8) is 0 Å². The van der Waals surface area contributed by atoms with Crippen LogP contribution in [0.2, 0.25) is 6.55 Å². The summed E-state index contributed by atoms with van der Waals surface area (Å²) in [5, 5.41) is 0. The first-order chi connectivity index (χ1) is 11.6. The Kier molecular flexibility index (Phi) is 4.87. The molecule has 3 rings (SSSR count). The second kappa shape index (κ2) is 7.23. The molecule has 0 aliphatic carbocycles. The van der Waals surface area contributed by atoms with E-state index < -0.39 is 8.80 Å². The fourth-order valence-corrected chi connectivity index (χ4v) is 4.22. The Labute approximate surface area is 143 Å². The summed E-state index contributed by atoms with van der Waals surface area (Å²) in [6.07, 6.45) is 0. The zero-order valence-electron chi connectivity index (χ0n) is 13.8. The number of hydrogen-bond acceptors (Lipinski definition) is 3. The molecule has 0 saturated heterocycles. The average Bonchev–Trinajstić information content (AvgIpc) is 2.58. The van der Waals surface area contributed by atoms with Crippen molar-refractivity contribution >= 4 is 8.80 Å². The average molecular weight is 336 g/mol. The Hall–Kier alpha value is -2.72. The van der Waals surface area contributed by atoms with E-state index in [1.54, 1.807) is 0 Å². The summed E-state index contributed by atoms with van der Waals surface area (Å²) in [5.41, 5.74) is 1.05. The minimum atomic E-state index is -3.00. The van der Waals surface area contributed by atoms with Gasteiger partial charge in [-0.2, -0.15) is 0 Å². The molecule has 0 bridgehead atoms. The van der Waals surface area contributed by atoms with Gasteiger partial charge in [0.05, 0.1) is 0 Å². The van der Waals surface area contributed by atoms with Gasteiger partial charge in [-0.3, -0.25) is 0 Å². The maximum absolute atomic E-state index is 6.24. The summed E-state index contributed by atoms with van der Waals surface area (Å²) in [6.45, 7) is 3.91. The highest BCUT2D eigenvalue weighted by Crippen LogP contribution is 2.25. The minimum absolute atomic E-state index is 0.733. The van der Waals surface area contributed by atoms with Crippen LogP contribution in [0, 0.1) is 6.92 Å². The molecule has 0 fully saturated rings. The van der Waals surface area contributed by atoms with Crippen LogP contribution >= 0.6 is 0 Å². The van der Waals surface area contributed by atoms with E-state index in [9.17, 15) is 0 Å². The Morgan fingerprint density at radius 2 is 1.04 bits per heavy atom. The predicted molar refractivity (Wildman–Crippen MR) is 97.6 cm³/mol. The monoisotopic (exact) mass is 336 g/mol. The molecule has 3 aromatic carbocycles. The molecule has 0 unspecified atom stereocenters. The molecular weight excluding hydrogens is 316 g/mol. The maximum Gasteiger partial charge on any atom is 0.696 e. The molecule has 0 spiro atoms. The van der Waals surface area contributed by atoms with Crippen LogP contribution in [0.3, 0.4) is 0 Å². The van der Waals surface area contributed by atoms with Crippen molar-refractivity contribution in [3.05, 3.63) is 90.5 Å². The normalized spacial score (nSPS) is 10.9. The smallest absolute Gasteiger partial charge is 0.484 e. The van der Waals surface area contributed by atoms with Crippen LogP contribution in [0.15, 0.2) is 84.9 Å². The zero-order chi connectivity index (χ0) is 16.8. The van der Waals surface area contributed by atoms with Gasteiger partial charge in [0.25, 0.3) is 0 Å². The Morgan fingerprint density at radius 1 is 0.583 bits per heavy atom. The number of rotatable bonds is 6. The topological polar surface area (TPSA) is 27.7 Å². The molecule has 4 heteroatoms. The van der Waals surface area contributed by atoms with Gasteiger partial charge in [-0.25, -0.2) is 0 Å². The molecule has 0 aliphatic rings. The van der Waals surface area contributed by atoms with Gasteiger partial charge in [-0.1, -0.05) is 54.6 Å². The highest BCUT2D eigenvalue weighted by Gasteiger charge is 2.43. The third-order valence-electron chi connectivity index (χ3n) is 3.48. The van der Waals surface area contributed by atoms with Crippen LogP contribution in [-0.4, -0.2) is 8.80 Å². The first-order valence-electron chi connectivity index (χ1n) is 7.87. The number of hydrogen-bond donors (Lipinski definition) is 0. The predicted octanol–water partition coefficient (Wildman–Crippen LogP) is 5.10. The van der Waals surface area contributed by atoms with Crippen LogP contribution in [0.25, 0.3) is 0 Å². The molecule has 3 aromatic rings. The van der Waals surface area contributed by atoms with Gasteiger partial charge in [0.1, 0.15) is 17.2 Å². The molecule has 0 N–H and O–H groups in total. The highest BCUT2D eigenvalue weighted by atomic mass is 28.4. The van der Waals surface area contributed by atoms with Crippen LogP contribution in [0.4, 0.5) is 0 Å². The summed E-state index contributed by atoms with van der Waals surface area (Å²) >= 11 is 0. The Bertz CT molecular complexity index is 734. The zero-order valence-corrected chi connectivity index (χ0v) is 14.8. The summed E-state index contributed by atoms with van der Waals surface area (Å²) in [4.78, 5) is 0. The molecule has 122 valence electrons. The van der Waals surface area contributed by atoms with E-state index >= 15 is 0 Å². The quantitative estimate of drug-likeness (QED) is 0.586. The summed E-state index contributed by atoms with van der Waals surface area (Å²) in [7, 11) is -3.00. The lowest BCUT2D eigenvalue weighted by Crippen LogP contribution is -2.52. The highest BCUT2D eigenvalue weighted by molar-refractivity contribution is 6.61. The number of para-hydroxylation sites is 3. The van der Waals surface area contributed by atoms with E-state index in [2.05, 4.69) is 0 Å². The first kappa shape index (κ1) is 16.1. The lowest BCUT2D eigenvalue weighted by molar-refractivity contribution is 0.270. The van der Waals surface area contributed by atoms with E-state index in [1.165, 1.54) is 0 Å². The van der Waals surface area contributed by atoms with E-state index in [0.29, 0.717) is 0 Å². The lowest BCUT2D eigenvalue weighted by Gasteiger charge is -2.28. The van der Waals surface area contributed by atoms with Crippen molar-refractivity contribution in [1.29, 1.82) is 0 Å². The van der Waals surface area contributed by atoms with Crippen molar-refractivity contribution in [2.45, 2.75) is 13.5 Å². The van der Waals surface area contributed by atoms with Crippen LogP contribution in [0.5, 0.6) is 17.2 Å². The van der Waals surface area contributed by atoms with Gasteiger partial charge >= 0.3 is 8.80 Å². The Balaban J connectivity index is 1.89. The second-order valence-corrected chi connectivity index (χ2v) is 7.90. The Morgan fingerprint density at radius 3 is 1.54 bits per heavy atom. The molecule has 3 nitrogen and oxygen atoms in total. The SMILES string of the molecule is Cc1ccccc1O[Si](C)(Oc1ccccc1)Oc1ccccc1. The van der Waals surface area contributed by atoms with Crippen molar-refractivity contribution in [1.82, 2.24) is 0 Å². The molecule has 0 saturated carbocycles. The maximum atomic E-state index is 6.24. The summed E-state index contributed by atoms with van der Waals surface area (Å²) < 4.78 is 18.6.